The second-order valence-corrected chi connectivity index (χ2v) is 14.8. The fraction of sp³-hybridized carbons (Fsp3) is 0.471. The molecule has 2 aromatic carbocycles. The van der Waals surface area contributed by atoms with Gasteiger partial charge in [-0.25, -0.2) is 23.5 Å². The van der Waals surface area contributed by atoms with Gasteiger partial charge in [-0.05, 0) is 79.8 Å². The number of carbonyl (C=O) groups is 3. The van der Waals surface area contributed by atoms with Gasteiger partial charge in [0.05, 0.1) is 22.8 Å². The van der Waals surface area contributed by atoms with Crippen LogP contribution in [0, 0.1) is 23.7 Å². The van der Waals surface area contributed by atoms with E-state index in [1.54, 1.807) is 22.5 Å². The molecule has 3 amide bonds. The summed E-state index contributed by atoms with van der Waals surface area (Å²) in [6.45, 7) is 2.57. The first-order valence-electron chi connectivity index (χ1n) is 16.1. The van der Waals surface area contributed by atoms with Crippen LogP contribution in [-0.2, 0) is 26.2 Å². The number of ether oxygens (including phenoxy) is 1. The Kier molecular flexibility index (Phi) is 10.7. The number of nitriles is 1. The molecule has 0 spiro atoms. The number of piperidine rings is 1. The molecule has 0 saturated carbocycles. The summed E-state index contributed by atoms with van der Waals surface area (Å²) in [5, 5.41) is 29.0. The van der Waals surface area contributed by atoms with Crippen molar-refractivity contribution in [3.63, 3.8) is 0 Å². The fourth-order valence-electron chi connectivity index (χ4n) is 7.28. The minimum Gasteiger partial charge on any atom is -0.465 e. The predicted molar refractivity (Wildman–Crippen MR) is 175 cm³/mol. The molecule has 3 N–H and O–H groups in total. The topological polar surface area (TPSA) is 181 Å². The molecule has 48 heavy (non-hydrogen) atoms. The number of likely N-dealkylation sites (tertiary alicyclic amines) is 2. The highest BCUT2D eigenvalue weighted by Gasteiger charge is 2.51. The molecule has 5 rings (SSSR count). The third-order valence-corrected chi connectivity index (χ3v) is 11.8. The van der Waals surface area contributed by atoms with E-state index in [1.807, 2.05) is 49.4 Å². The Morgan fingerprint density at radius 3 is 2.50 bits per heavy atom. The van der Waals surface area contributed by atoms with E-state index in [2.05, 4.69) is 6.07 Å². The van der Waals surface area contributed by atoms with Gasteiger partial charge in [0.15, 0.2) is 0 Å². The van der Waals surface area contributed by atoms with Crippen LogP contribution in [0.1, 0.15) is 60.8 Å². The van der Waals surface area contributed by atoms with Crippen LogP contribution in [0.2, 0.25) is 0 Å². The molecule has 2 saturated heterocycles. The monoisotopic (exact) mass is 679 g/mol. The molecule has 2 fully saturated rings. The normalized spacial score (nSPS) is 23.2. The van der Waals surface area contributed by atoms with Crippen LogP contribution < -0.4 is 5.48 Å². The molecular formula is C34H41N5O8S. The van der Waals surface area contributed by atoms with E-state index < -0.39 is 45.3 Å². The second kappa shape index (κ2) is 14.8. The van der Waals surface area contributed by atoms with Crippen LogP contribution in [0.25, 0.3) is 5.57 Å². The van der Waals surface area contributed by atoms with Gasteiger partial charge in [0.25, 0.3) is 5.91 Å². The quantitative estimate of drug-likeness (QED) is 0.260. The average molecular weight is 680 g/mol. The Hall–Kier alpha value is -4.45. The number of nitrogens with one attached hydrogen (secondary N) is 1. The van der Waals surface area contributed by atoms with Crippen LogP contribution in [0.15, 0.2) is 54.6 Å². The molecule has 3 atom stereocenters. The van der Waals surface area contributed by atoms with Gasteiger partial charge in [0.2, 0.25) is 10.0 Å². The van der Waals surface area contributed by atoms with Crippen LogP contribution in [0.5, 0.6) is 0 Å². The second-order valence-electron chi connectivity index (χ2n) is 12.8. The number of benzene rings is 2. The van der Waals surface area contributed by atoms with Gasteiger partial charge < -0.3 is 19.6 Å². The van der Waals surface area contributed by atoms with E-state index >= 15 is 0 Å². The minimum atomic E-state index is -4.05. The number of hydroxylamine groups is 1. The van der Waals surface area contributed by atoms with Gasteiger partial charge in [0.1, 0.15) is 6.61 Å². The molecule has 256 valence electrons. The SMILES string of the molecule is Cc1cc(C#N)ccc1C1=CCN(S(=O)(=O)CC2(C(=O)NO)CCN(C(=O)O)C(C[C@H]3CCCN3C(=O)OCc3ccccc3)C2)CC1. The summed E-state index contributed by atoms with van der Waals surface area (Å²) in [7, 11) is -4.05. The molecule has 2 aromatic rings. The largest absolute Gasteiger partial charge is 0.465 e. The van der Waals surface area contributed by atoms with Gasteiger partial charge in [-0.2, -0.15) is 9.57 Å². The standard InChI is InChI=1S/C34H41N5O8S/c1-24-18-26(21-35)9-10-30(24)27-11-15-37(16-12-27)48(45,46)23-34(31(40)36-44)13-17-38(32(41)42)29(20-34)19-28-8-5-14-39(28)33(43)47-22-25-6-3-2-4-7-25/h2-4,6-7,9-11,18,28-29,44H,5,8,12-17,19-20,22-23H2,1H3,(H,36,40)(H,41,42)/t28-,29?,34?/m1/s1. The summed E-state index contributed by atoms with van der Waals surface area (Å²) in [6, 6.07) is 15.6. The number of rotatable bonds is 9. The maximum atomic E-state index is 13.9. The number of carboxylic acid groups (broad SMARTS) is 1. The van der Waals surface area contributed by atoms with Crippen molar-refractivity contribution in [3.8, 4) is 6.07 Å². The first-order valence-corrected chi connectivity index (χ1v) is 17.7. The third-order valence-electron chi connectivity index (χ3n) is 9.81. The lowest BCUT2D eigenvalue weighted by atomic mass is 9.74. The fourth-order valence-corrected chi connectivity index (χ4v) is 9.23. The van der Waals surface area contributed by atoms with Gasteiger partial charge >= 0.3 is 12.2 Å². The van der Waals surface area contributed by atoms with Crippen molar-refractivity contribution in [2.24, 2.45) is 5.41 Å². The van der Waals surface area contributed by atoms with E-state index in [4.69, 9.17) is 4.74 Å². The highest BCUT2D eigenvalue weighted by Crippen LogP contribution is 2.41. The minimum absolute atomic E-state index is 0.0841. The number of sulfonamides is 1. The summed E-state index contributed by atoms with van der Waals surface area (Å²) < 4.78 is 34.6. The Balaban J connectivity index is 1.31. The number of hydrogen-bond acceptors (Lipinski definition) is 8. The molecule has 13 nitrogen and oxygen atoms in total. The Labute approximate surface area is 280 Å². The summed E-state index contributed by atoms with van der Waals surface area (Å²) in [5.41, 5.74) is 4.24. The van der Waals surface area contributed by atoms with Crippen molar-refractivity contribution >= 4 is 33.7 Å². The van der Waals surface area contributed by atoms with Crippen molar-refractivity contribution in [2.75, 3.05) is 31.9 Å². The molecule has 0 radical (unpaired) electrons. The maximum Gasteiger partial charge on any atom is 0.410 e. The predicted octanol–water partition coefficient (Wildman–Crippen LogP) is 4.11. The van der Waals surface area contributed by atoms with E-state index in [-0.39, 0.29) is 51.5 Å². The lowest BCUT2D eigenvalue weighted by Gasteiger charge is -2.45. The molecule has 3 heterocycles. The van der Waals surface area contributed by atoms with Crippen molar-refractivity contribution in [3.05, 3.63) is 76.9 Å². The molecule has 0 aliphatic carbocycles. The zero-order valence-corrected chi connectivity index (χ0v) is 27.7. The molecule has 0 bridgehead atoms. The average Bonchev–Trinajstić information content (AvgIpc) is 3.55. The van der Waals surface area contributed by atoms with Crippen LogP contribution in [-0.4, -0.2) is 94.9 Å². The first-order chi connectivity index (χ1) is 23.0. The van der Waals surface area contributed by atoms with Gasteiger partial charge in [-0.1, -0.05) is 42.5 Å². The number of hydrogen-bond donors (Lipinski definition) is 3. The smallest absolute Gasteiger partial charge is 0.410 e. The zero-order chi connectivity index (χ0) is 34.5. The maximum absolute atomic E-state index is 13.9. The van der Waals surface area contributed by atoms with E-state index in [0.717, 1.165) is 22.3 Å². The van der Waals surface area contributed by atoms with Gasteiger partial charge in [-0.15, -0.1) is 0 Å². The lowest BCUT2D eigenvalue weighted by Crippen LogP contribution is -2.58. The van der Waals surface area contributed by atoms with Crippen molar-refractivity contribution < 1.29 is 37.9 Å². The Bertz CT molecular complexity index is 1710. The molecular weight excluding hydrogens is 638 g/mol. The van der Waals surface area contributed by atoms with Crippen LogP contribution in [0.3, 0.4) is 0 Å². The first kappa shape index (κ1) is 34.9. The van der Waals surface area contributed by atoms with E-state index in [0.29, 0.717) is 31.4 Å². The van der Waals surface area contributed by atoms with Gasteiger partial charge in [0, 0.05) is 38.3 Å². The third kappa shape index (κ3) is 7.64. The van der Waals surface area contributed by atoms with Crippen molar-refractivity contribution in [2.45, 2.75) is 64.1 Å². The number of amides is 3. The summed E-state index contributed by atoms with van der Waals surface area (Å²) >= 11 is 0. The van der Waals surface area contributed by atoms with E-state index in [1.165, 1.54) is 9.21 Å². The van der Waals surface area contributed by atoms with Crippen LogP contribution >= 0.6 is 0 Å². The van der Waals surface area contributed by atoms with Gasteiger partial charge in [-0.3, -0.25) is 10.0 Å². The highest BCUT2D eigenvalue weighted by molar-refractivity contribution is 7.89. The molecule has 3 aliphatic rings. The summed E-state index contributed by atoms with van der Waals surface area (Å²) in [6.07, 6.45) is 1.76. The molecule has 3 aliphatic heterocycles. The Morgan fingerprint density at radius 1 is 1.08 bits per heavy atom. The van der Waals surface area contributed by atoms with Crippen LogP contribution in [0.4, 0.5) is 9.59 Å². The molecule has 0 aromatic heterocycles. The molecule has 2 unspecified atom stereocenters. The number of aryl methyl sites for hydroxylation is 1. The zero-order valence-electron chi connectivity index (χ0n) is 26.9. The molecule has 14 heteroatoms. The van der Waals surface area contributed by atoms with E-state index in [9.17, 15) is 38.4 Å². The number of nitrogens with zero attached hydrogens (tertiary/aromatic N) is 4. The lowest BCUT2D eigenvalue weighted by molar-refractivity contribution is -0.142. The summed E-state index contributed by atoms with van der Waals surface area (Å²) in [5.74, 6) is -1.49. The van der Waals surface area contributed by atoms with Crippen molar-refractivity contribution in [1.29, 1.82) is 5.26 Å². The van der Waals surface area contributed by atoms with Crippen molar-refractivity contribution in [1.82, 2.24) is 19.6 Å². The number of carbonyl (C=O) groups excluding carboxylic acids is 2. The highest BCUT2D eigenvalue weighted by atomic mass is 32.2. The summed E-state index contributed by atoms with van der Waals surface area (Å²) in [4.78, 5) is 41.5. The Morgan fingerprint density at radius 2 is 1.85 bits per heavy atom.